The van der Waals surface area contributed by atoms with Crippen LogP contribution in [-0.4, -0.2) is 0 Å². The fourth-order valence-electron chi connectivity index (χ4n) is 4.71. The van der Waals surface area contributed by atoms with Crippen LogP contribution in [-0.2, 0) is 12.8 Å². The minimum Gasteiger partial charge on any atom is -0.206 e. The van der Waals surface area contributed by atoms with Crippen molar-refractivity contribution < 1.29 is 22.0 Å². The highest BCUT2D eigenvalue weighted by Gasteiger charge is 2.26. The third-order valence-corrected chi connectivity index (χ3v) is 6.53. The number of hydrogen-bond acceptors (Lipinski definition) is 0. The van der Waals surface area contributed by atoms with Gasteiger partial charge in [0.1, 0.15) is 5.82 Å². The van der Waals surface area contributed by atoms with Gasteiger partial charge in [0.05, 0.1) is 5.56 Å². The summed E-state index contributed by atoms with van der Waals surface area (Å²) in [5.74, 6) is -5.04. The van der Waals surface area contributed by atoms with Crippen molar-refractivity contribution in [1.82, 2.24) is 0 Å². The summed E-state index contributed by atoms with van der Waals surface area (Å²) in [6, 6.07) is 3.31. The zero-order valence-electron chi connectivity index (χ0n) is 17.6. The molecule has 30 heavy (non-hydrogen) atoms. The van der Waals surface area contributed by atoms with Gasteiger partial charge in [-0.1, -0.05) is 64.5 Å². The molecule has 0 aromatic heterocycles. The highest BCUT2D eigenvalue weighted by molar-refractivity contribution is 5.67. The topological polar surface area (TPSA) is 0 Å². The molecule has 0 saturated heterocycles. The van der Waals surface area contributed by atoms with Crippen LogP contribution in [0.1, 0.15) is 69.9 Å². The van der Waals surface area contributed by atoms with Gasteiger partial charge in [-0.15, -0.1) is 0 Å². The van der Waals surface area contributed by atoms with Crippen molar-refractivity contribution >= 4 is 0 Å². The highest BCUT2D eigenvalue weighted by Crippen LogP contribution is 2.36. The molecule has 0 nitrogen and oxygen atoms in total. The molecule has 0 radical (unpaired) electrons. The normalized spacial score (nSPS) is 19.3. The highest BCUT2D eigenvalue weighted by atomic mass is 19.2. The molecule has 2 aromatic rings. The van der Waals surface area contributed by atoms with Gasteiger partial charge < -0.3 is 0 Å². The van der Waals surface area contributed by atoms with Crippen LogP contribution in [0, 0.1) is 40.9 Å². The first-order valence-electron chi connectivity index (χ1n) is 11.0. The molecular formula is C25H29F5. The van der Waals surface area contributed by atoms with Crippen molar-refractivity contribution in [2.75, 3.05) is 0 Å². The van der Waals surface area contributed by atoms with Gasteiger partial charge in [0.15, 0.2) is 23.3 Å². The van der Waals surface area contributed by atoms with E-state index in [2.05, 4.69) is 6.92 Å². The molecule has 0 atom stereocenters. The Morgan fingerprint density at radius 2 is 1.33 bits per heavy atom. The SMILES string of the molecule is CCCC1CCC(CCc2cc(F)c(-c3ccc(CC)c(F)c3F)c(F)c2F)CC1. The predicted octanol–water partition coefficient (Wildman–Crippen LogP) is 8.15. The number of aryl methyl sites for hydroxylation is 2. The second-order valence-electron chi connectivity index (χ2n) is 8.49. The Labute approximate surface area is 175 Å². The van der Waals surface area contributed by atoms with Crippen molar-refractivity contribution in [3.8, 4) is 11.1 Å². The lowest BCUT2D eigenvalue weighted by molar-refractivity contribution is 0.251. The van der Waals surface area contributed by atoms with Gasteiger partial charge in [0.25, 0.3) is 0 Å². The molecule has 0 unspecified atom stereocenters. The average Bonchev–Trinajstić information content (AvgIpc) is 2.74. The van der Waals surface area contributed by atoms with E-state index in [1.807, 2.05) is 0 Å². The molecule has 0 aliphatic heterocycles. The van der Waals surface area contributed by atoms with Crippen LogP contribution in [0.15, 0.2) is 18.2 Å². The lowest BCUT2D eigenvalue weighted by Gasteiger charge is -2.28. The maximum Gasteiger partial charge on any atom is 0.169 e. The molecule has 0 amide bonds. The first-order valence-corrected chi connectivity index (χ1v) is 11.0. The van der Waals surface area contributed by atoms with Crippen LogP contribution in [0.5, 0.6) is 0 Å². The van der Waals surface area contributed by atoms with Crippen molar-refractivity contribution in [2.45, 2.75) is 71.6 Å². The molecule has 1 fully saturated rings. The number of rotatable bonds is 7. The van der Waals surface area contributed by atoms with Crippen LogP contribution >= 0.6 is 0 Å². The Balaban J connectivity index is 1.78. The molecule has 0 spiro atoms. The summed E-state index contributed by atoms with van der Waals surface area (Å²) in [7, 11) is 0. The lowest BCUT2D eigenvalue weighted by atomic mass is 9.78. The molecule has 3 rings (SSSR count). The Bertz CT molecular complexity index is 882. The average molecular weight is 424 g/mol. The molecule has 5 heteroatoms. The van der Waals surface area contributed by atoms with Crippen molar-refractivity contribution in [2.24, 2.45) is 11.8 Å². The zero-order valence-corrected chi connectivity index (χ0v) is 17.6. The van der Waals surface area contributed by atoms with Gasteiger partial charge in [-0.05, 0) is 48.3 Å². The summed E-state index contributed by atoms with van der Waals surface area (Å²) < 4.78 is 72.5. The van der Waals surface area contributed by atoms with E-state index >= 15 is 0 Å². The summed E-state index contributed by atoms with van der Waals surface area (Å²) >= 11 is 0. The first-order chi connectivity index (χ1) is 14.4. The number of benzene rings is 2. The standard InChI is InChI=1S/C25H29F5/c1-3-5-15-6-8-16(9-7-15)10-11-18-14-20(26)21(25(30)23(18)28)19-13-12-17(4-2)22(27)24(19)29/h12-16H,3-11H2,1-2H3. The zero-order chi connectivity index (χ0) is 21.8. The van der Waals surface area contributed by atoms with Crippen LogP contribution < -0.4 is 0 Å². The van der Waals surface area contributed by atoms with E-state index in [4.69, 9.17) is 0 Å². The minimum atomic E-state index is -1.46. The van der Waals surface area contributed by atoms with Gasteiger partial charge in [-0.25, -0.2) is 22.0 Å². The van der Waals surface area contributed by atoms with Crippen molar-refractivity contribution in [3.05, 3.63) is 58.4 Å². The fraction of sp³-hybridized carbons (Fsp3) is 0.520. The molecule has 0 N–H and O–H groups in total. The van der Waals surface area contributed by atoms with Crippen molar-refractivity contribution in [1.29, 1.82) is 0 Å². The van der Waals surface area contributed by atoms with Gasteiger partial charge in [0, 0.05) is 5.56 Å². The van der Waals surface area contributed by atoms with Gasteiger partial charge >= 0.3 is 0 Å². The van der Waals surface area contributed by atoms with E-state index in [1.54, 1.807) is 6.92 Å². The lowest BCUT2D eigenvalue weighted by Crippen LogP contribution is -2.15. The van der Waals surface area contributed by atoms with E-state index in [1.165, 1.54) is 18.9 Å². The second-order valence-corrected chi connectivity index (χ2v) is 8.49. The van der Waals surface area contributed by atoms with Crippen LogP contribution in [0.3, 0.4) is 0 Å². The molecule has 1 aliphatic carbocycles. The monoisotopic (exact) mass is 424 g/mol. The summed E-state index contributed by atoms with van der Waals surface area (Å²) in [5, 5.41) is 0. The molecule has 0 heterocycles. The maximum atomic E-state index is 14.7. The summed E-state index contributed by atoms with van der Waals surface area (Å²) in [6.45, 7) is 3.82. The Hall–Kier alpha value is -1.91. The van der Waals surface area contributed by atoms with E-state index in [0.29, 0.717) is 12.3 Å². The molecule has 1 saturated carbocycles. The number of hydrogen-bond donors (Lipinski definition) is 0. The van der Waals surface area contributed by atoms with Crippen LogP contribution in [0.2, 0.25) is 0 Å². The van der Waals surface area contributed by atoms with E-state index < -0.39 is 40.2 Å². The molecule has 164 valence electrons. The summed E-state index contributed by atoms with van der Waals surface area (Å²) in [4.78, 5) is 0. The van der Waals surface area contributed by atoms with Gasteiger partial charge in [-0.2, -0.15) is 0 Å². The van der Waals surface area contributed by atoms with Crippen molar-refractivity contribution in [3.63, 3.8) is 0 Å². The largest absolute Gasteiger partial charge is 0.206 e. The maximum absolute atomic E-state index is 14.7. The third kappa shape index (κ3) is 4.70. The molecule has 0 bridgehead atoms. The smallest absolute Gasteiger partial charge is 0.169 e. The van der Waals surface area contributed by atoms with Crippen LogP contribution in [0.4, 0.5) is 22.0 Å². The molecular weight excluding hydrogens is 395 g/mol. The first kappa shape index (κ1) is 22.8. The van der Waals surface area contributed by atoms with Gasteiger partial charge in [-0.3, -0.25) is 0 Å². The Morgan fingerprint density at radius 3 is 1.93 bits per heavy atom. The quantitative estimate of drug-likeness (QED) is 0.311. The second kappa shape index (κ2) is 9.93. The Morgan fingerprint density at radius 1 is 0.733 bits per heavy atom. The van der Waals surface area contributed by atoms with E-state index in [-0.39, 0.29) is 24.0 Å². The molecule has 1 aliphatic rings. The fourth-order valence-corrected chi connectivity index (χ4v) is 4.71. The van der Waals surface area contributed by atoms with E-state index in [0.717, 1.165) is 43.7 Å². The molecule has 2 aromatic carbocycles. The van der Waals surface area contributed by atoms with Crippen LogP contribution in [0.25, 0.3) is 11.1 Å². The minimum absolute atomic E-state index is 0.0458. The number of halogens is 5. The summed E-state index contributed by atoms with van der Waals surface area (Å²) in [5.41, 5.74) is -1.40. The predicted molar refractivity (Wildman–Crippen MR) is 110 cm³/mol. The Kier molecular flexibility index (Phi) is 7.54. The summed E-state index contributed by atoms with van der Waals surface area (Å²) in [6.07, 6.45) is 7.97. The van der Waals surface area contributed by atoms with E-state index in [9.17, 15) is 22.0 Å². The third-order valence-electron chi connectivity index (χ3n) is 6.53. The van der Waals surface area contributed by atoms with Gasteiger partial charge in [0.2, 0.25) is 0 Å².